The molecule has 6 aromatic rings. The highest BCUT2D eigenvalue weighted by atomic mass is 28.3. The van der Waals surface area contributed by atoms with Gasteiger partial charge in [-0.15, -0.1) is 0 Å². The van der Waals surface area contributed by atoms with E-state index in [1.165, 1.54) is 42.3 Å². The summed E-state index contributed by atoms with van der Waals surface area (Å²) in [6.07, 6.45) is 0. The summed E-state index contributed by atoms with van der Waals surface area (Å²) >= 11 is 0. The first kappa shape index (κ1) is 19.7. The summed E-state index contributed by atoms with van der Waals surface area (Å²) < 4.78 is 0. The Morgan fingerprint density at radius 1 is 0.273 bits per heavy atom. The molecule has 0 nitrogen and oxygen atoms in total. The Labute approximate surface area is 195 Å². The van der Waals surface area contributed by atoms with Crippen molar-refractivity contribution in [3.63, 3.8) is 0 Å². The molecule has 0 radical (unpaired) electrons. The lowest BCUT2D eigenvalue weighted by molar-refractivity contribution is 1.67. The number of hydrogen-bond donors (Lipinski definition) is 0. The third-order valence-corrected chi connectivity index (χ3v) is 11.5. The minimum atomic E-state index is -2.48. The van der Waals surface area contributed by atoms with E-state index < -0.39 is 8.07 Å². The zero-order valence-electron chi connectivity index (χ0n) is 18.4. The average Bonchev–Trinajstić information content (AvgIpc) is 2.90. The summed E-state index contributed by atoms with van der Waals surface area (Å²) in [7, 11) is -2.48. The summed E-state index contributed by atoms with van der Waals surface area (Å²) in [5, 5.41) is 10.8. The van der Waals surface area contributed by atoms with Crippen molar-refractivity contribution in [2.75, 3.05) is 0 Å². The number of benzene rings is 6. The van der Waals surface area contributed by atoms with Crippen molar-refractivity contribution in [1.29, 1.82) is 0 Å². The predicted molar refractivity (Wildman–Crippen MR) is 145 cm³/mol. The molecule has 0 saturated carbocycles. The normalized spacial score (nSPS) is 11.6. The molecule has 0 N–H and O–H groups in total. The SMILES string of the molecule is c1ccc([Si](c2ccccc2)(c2ccccc2)c2ccc3cc4ccccc4cc3c2)cc1. The summed E-state index contributed by atoms with van der Waals surface area (Å²) in [6.45, 7) is 0. The highest BCUT2D eigenvalue weighted by Crippen LogP contribution is 2.23. The van der Waals surface area contributed by atoms with Gasteiger partial charge in [0.2, 0.25) is 0 Å². The zero-order valence-corrected chi connectivity index (χ0v) is 19.4. The summed E-state index contributed by atoms with van der Waals surface area (Å²) in [6, 6.07) is 53.7. The molecule has 0 aliphatic carbocycles. The lowest BCUT2D eigenvalue weighted by Crippen LogP contribution is -2.74. The first-order valence-corrected chi connectivity index (χ1v) is 13.5. The maximum Gasteiger partial charge on any atom is 0.179 e. The van der Waals surface area contributed by atoms with Crippen LogP contribution >= 0.6 is 0 Å². The van der Waals surface area contributed by atoms with Crippen molar-refractivity contribution in [3.8, 4) is 0 Å². The van der Waals surface area contributed by atoms with Gasteiger partial charge in [-0.2, -0.15) is 0 Å². The van der Waals surface area contributed by atoms with Crippen LogP contribution in [0.1, 0.15) is 0 Å². The van der Waals surface area contributed by atoms with Gasteiger partial charge >= 0.3 is 0 Å². The van der Waals surface area contributed by atoms with Crippen LogP contribution in [0.4, 0.5) is 0 Å². The van der Waals surface area contributed by atoms with Gasteiger partial charge < -0.3 is 0 Å². The van der Waals surface area contributed by atoms with E-state index in [0.717, 1.165) is 0 Å². The zero-order chi connectivity index (χ0) is 22.1. The Hall–Kier alpha value is -3.94. The molecule has 156 valence electrons. The number of hydrogen-bond acceptors (Lipinski definition) is 0. The largest absolute Gasteiger partial charge is 0.179 e. The van der Waals surface area contributed by atoms with Gasteiger partial charge in [-0.1, -0.05) is 133 Å². The molecule has 6 rings (SSSR count). The fourth-order valence-corrected chi connectivity index (χ4v) is 10.0. The van der Waals surface area contributed by atoms with Crippen molar-refractivity contribution in [2.24, 2.45) is 0 Å². The second-order valence-corrected chi connectivity index (χ2v) is 12.4. The van der Waals surface area contributed by atoms with Crippen LogP contribution in [0.5, 0.6) is 0 Å². The highest BCUT2D eigenvalue weighted by molar-refractivity contribution is 7.20. The van der Waals surface area contributed by atoms with Crippen LogP contribution < -0.4 is 20.7 Å². The lowest BCUT2D eigenvalue weighted by Gasteiger charge is -2.34. The molecule has 33 heavy (non-hydrogen) atoms. The molecule has 0 spiro atoms. The average molecular weight is 437 g/mol. The molecule has 0 aliphatic rings. The first-order valence-electron chi connectivity index (χ1n) is 11.5. The maximum atomic E-state index is 2.45. The Bertz CT molecular complexity index is 1440. The Balaban J connectivity index is 1.72. The third-order valence-electron chi connectivity index (χ3n) is 6.76. The fourth-order valence-electron chi connectivity index (χ4n) is 5.24. The van der Waals surface area contributed by atoms with Gasteiger partial charge in [0.15, 0.2) is 8.07 Å². The van der Waals surface area contributed by atoms with Gasteiger partial charge in [-0.05, 0) is 54.4 Å². The van der Waals surface area contributed by atoms with Crippen LogP contribution in [0.3, 0.4) is 0 Å². The van der Waals surface area contributed by atoms with Gasteiger partial charge in [0.05, 0.1) is 0 Å². The van der Waals surface area contributed by atoms with Crippen molar-refractivity contribution in [3.05, 3.63) is 146 Å². The molecule has 0 heterocycles. The van der Waals surface area contributed by atoms with Gasteiger partial charge in [0.1, 0.15) is 0 Å². The molecule has 0 aromatic heterocycles. The fraction of sp³-hybridized carbons (Fsp3) is 0. The monoisotopic (exact) mass is 436 g/mol. The molecule has 0 bridgehead atoms. The predicted octanol–water partition coefficient (Wildman–Crippen LogP) is 5.37. The van der Waals surface area contributed by atoms with Crippen LogP contribution in [0.15, 0.2) is 146 Å². The van der Waals surface area contributed by atoms with Crippen molar-refractivity contribution < 1.29 is 0 Å². The second kappa shape index (κ2) is 8.20. The third kappa shape index (κ3) is 3.29. The van der Waals surface area contributed by atoms with E-state index in [1.807, 2.05) is 0 Å². The van der Waals surface area contributed by atoms with E-state index in [9.17, 15) is 0 Å². The van der Waals surface area contributed by atoms with E-state index in [0.29, 0.717) is 0 Å². The summed E-state index contributed by atoms with van der Waals surface area (Å²) in [5.74, 6) is 0. The van der Waals surface area contributed by atoms with Gasteiger partial charge in [-0.3, -0.25) is 0 Å². The standard InChI is InChI=1S/C32H24Si/c1-4-14-29(15-5-1)33(30-16-6-2-7-17-30,31-18-8-3-9-19-31)32-21-20-27-22-25-12-10-11-13-26(25)23-28(27)24-32/h1-24H. The van der Waals surface area contributed by atoms with E-state index >= 15 is 0 Å². The minimum Gasteiger partial charge on any atom is -0.0623 e. The molecule has 6 aromatic carbocycles. The first-order chi connectivity index (χ1) is 16.4. The van der Waals surface area contributed by atoms with E-state index in [-0.39, 0.29) is 0 Å². The van der Waals surface area contributed by atoms with Crippen LogP contribution in [-0.4, -0.2) is 8.07 Å². The molecule has 0 unspecified atom stereocenters. The highest BCUT2D eigenvalue weighted by Gasteiger charge is 2.41. The number of rotatable bonds is 4. The molecule has 0 aliphatic heterocycles. The van der Waals surface area contributed by atoms with E-state index in [4.69, 9.17) is 0 Å². The van der Waals surface area contributed by atoms with Crippen LogP contribution in [-0.2, 0) is 0 Å². The molecule has 1 heteroatoms. The molecule has 0 amide bonds. The van der Waals surface area contributed by atoms with Crippen LogP contribution in [0, 0.1) is 0 Å². The maximum absolute atomic E-state index is 2.48. The van der Waals surface area contributed by atoms with Gasteiger partial charge in [-0.25, -0.2) is 0 Å². The van der Waals surface area contributed by atoms with Gasteiger partial charge in [0.25, 0.3) is 0 Å². The van der Waals surface area contributed by atoms with Crippen molar-refractivity contribution in [2.45, 2.75) is 0 Å². The molecule has 0 fully saturated rings. The van der Waals surface area contributed by atoms with Gasteiger partial charge in [0, 0.05) is 0 Å². The Kier molecular flexibility index (Phi) is 4.90. The minimum absolute atomic E-state index is 1.29. The van der Waals surface area contributed by atoms with Crippen LogP contribution in [0.2, 0.25) is 0 Å². The van der Waals surface area contributed by atoms with E-state index in [1.54, 1.807) is 0 Å². The summed E-state index contributed by atoms with van der Waals surface area (Å²) in [5.41, 5.74) is 0. The number of fused-ring (bicyclic) bond motifs is 2. The Morgan fingerprint density at radius 3 is 1.15 bits per heavy atom. The van der Waals surface area contributed by atoms with E-state index in [2.05, 4.69) is 146 Å². The smallest absolute Gasteiger partial charge is 0.0623 e. The van der Waals surface area contributed by atoms with Crippen LogP contribution in [0.25, 0.3) is 21.5 Å². The molecular weight excluding hydrogens is 412 g/mol. The quantitative estimate of drug-likeness (QED) is 0.198. The molecule has 0 saturated heterocycles. The second-order valence-electron chi connectivity index (χ2n) is 8.61. The lowest BCUT2D eigenvalue weighted by atomic mass is 10.0. The summed E-state index contributed by atoms with van der Waals surface area (Å²) in [4.78, 5) is 0. The van der Waals surface area contributed by atoms with Crippen molar-refractivity contribution >= 4 is 50.4 Å². The topological polar surface area (TPSA) is 0 Å². The Morgan fingerprint density at radius 2 is 0.667 bits per heavy atom. The van der Waals surface area contributed by atoms with Crippen molar-refractivity contribution in [1.82, 2.24) is 0 Å². The molecule has 0 atom stereocenters. The molecular formula is C32H24Si.